The van der Waals surface area contributed by atoms with Gasteiger partial charge in [0.25, 0.3) is 0 Å². The molecule has 0 aromatic heterocycles. The lowest BCUT2D eigenvalue weighted by atomic mass is 9.64. The van der Waals surface area contributed by atoms with Crippen molar-refractivity contribution in [2.45, 2.75) is 70.3 Å². The molecule has 0 aromatic rings. The quantitative estimate of drug-likeness (QED) is 0.776. The molecule has 2 heteroatoms. The van der Waals surface area contributed by atoms with E-state index in [2.05, 4.69) is 0 Å². The number of nitrogens with two attached hydrogens (primary N) is 1. The maximum absolute atomic E-state index is 10.6. The molecular weight excluding hydrogens is 198 g/mol. The molecule has 0 aromatic carbocycles. The lowest BCUT2D eigenvalue weighted by Crippen LogP contribution is -2.47. The first-order valence-electron chi connectivity index (χ1n) is 7.17. The third-order valence-corrected chi connectivity index (χ3v) is 4.98. The van der Waals surface area contributed by atoms with Crippen LogP contribution in [0.3, 0.4) is 0 Å². The molecule has 2 saturated carbocycles. The number of hydrogen-bond acceptors (Lipinski definition) is 2. The van der Waals surface area contributed by atoms with Crippen molar-refractivity contribution in [2.24, 2.45) is 17.1 Å². The molecule has 0 radical (unpaired) electrons. The fourth-order valence-electron chi connectivity index (χ4n) is 3.49. The van der Waals surface area contributed by atoms with E-state index in [0.29, 0.717) is 12.5 Å². The van der Waals surface area contributed by atoms with Crippen molar-refractivity contribution in [3.05, 3.63) is 0 Å². The molecule has 0 saturated heterocycles. The van der Waals surface area contributed by atoms with Crippen molar-refractivity contribution >= 4 is 0 Å². The third-order valence-electron chi connectivity index (χ3n) is 4.98. The Bertz CT molecular complexity index is 205. The van der Waals surface area contributed by atoms with Crippen molar-refractivity contribution in [1.82, 2.24) is 0 Å². The second kappa shape index (κ2) is 5.50. The fourth-order valence-corrected chi connectivity index (χ4v) is 3.49. The SMILES string of the molecule is NCC1(C(O)C2CCC2)CCCCCCC1. The van der Waals surface area contributed by atoms with E-state index < -0.39 is 0 Å². The van der Waals surface area contributed by atoms with Gasteiger partial charge in [-0.15, -0.1) is 0 Å². The first-order chi connectivity index (χ1) is 7.78. The lowest BCUT2D eigenvalue weighted by Gasteiger charge is -2.45. The molecule has 1 atom stereocenters. The Balaban J connectivity index is 2.01. The summed E-state index contributed by atoms with van der Waals surface area (Å²) in [6, 6.07) is 0. The Labute approximate surface area is 99.6 Å². The summed E-state index contributed by atoms with van der Waals surface area (Å²) in [5.74, 6) is 0.558. The lowest BCUT2D eigenvalue weighted by molar-refractivity contribution is -0.0537. The van der Waals surface area contributed by atoms with Crippen LogP contribution in [0.4, 0.5) is 0 Å². The molecule has 2 aliphatic rings. The highest BCUT2D eigenvalue weighted by molar-refractivity contribution is 4.94. The Hall–Kier alpha value is -0.0800. The molecule has 0 amide bonds. The van der Waals surface area contributed by atoms with Gasteiger partial charge in [-0.3, -0.25) is 0 Å². The Morgan fingerprint density at radius 2 is 1.56 bits per heavy atom. The smallest absolute Gasteiger partial charge is 0.0636 e. The van der Waals surface area contributed by atoms with Crippen molar-refractivity contribution in [1.29, 1.82) is 0 Å². The summed E-state index contributed by atoms with van der Waals surface area (Å²) in [6.07, 6.45) is 12.5. The van der Waals surface area contributed by atoms with Crippen molar-refractivity contribution < 1.29 is 5.11 Å². The first kappa shape index (κ1) is 12.4. The standard InChI is InChI=1S/C14H27NO/c15-11-14(13(16)12-7-6-8-12)9-4-2-1-3-5-10-14/h12-13,16H,1-11,15H2. The van der Waals surface area contributed by atoms with E-state index in [1.807, 2.05) is 0 Å². The molecule has 2 nitrogen and oxygen atoms in total. The second-order valence-electron chi connectivity index (χ2n) is 5.97. The average molecular weight is 225 g/mol. The van der Waals surface area contributed by atoms with Gasteiger partial charge in [0.15, 0.2) is 0 Å². The van der Waals surface area contributed by atoms with E-state index in [0.717, 1.165) is 12.8 Å². The molecule has 0 heterocycles. The van der Waals surface area contributed by atoms with Gasteiger partial charge in [0.05, 0.1) is 6.10 Å². The Morgan fingerprint density at radius 3 is 2.00 bits per heavy atom. The van der Waals surface area contributed by atoms with Crippen LogP contribution in [0.1, 0.15) is 64.2 Å². The minimum Gasteiger partial charge on any atom is -0.392 e. The third kappa shape index (κ3) is 2.43. The van der Waals surface area contributed by atoms with Gasteiger partial charge in [0.1, 0.15) is 0 Å². The molecule has 0 spiro atoms. The van der Waals surface area contributed by atoms with E-state index >= 15 is 0 Å². The largest absolute Gasteiger partial charge is 0.392 e. The van der Waals surface area contributed by atoms with E-state index in [4.69, 9.17) is 5.73 Å². The second-order valence-corrected chi connectivity index (χ2v) is 5.97. The normalized spacial score (nSPS) is 28.9. The predicted molar refractivity (Wildman–Crippen MR) is 67.2 cm³/mol. The summed E-state index contributed by atoms with van der Waals surface area (Å²) < 4.78 is 0. The molecule has 0 bridgehead atoms. The molecule has 2 fully saturated rings. The van der Waals surface area contributed by atoms with E-state index in [9.17, 15) is 5.11 Å². The zero-order valence-corrected chi connectivity index (χ0v) is 10.5. The van der Waals surface area contributed by atoms with Gasteiger partial charge in [0.2, 0.25) is 0 Å². The van der Waals surface area contributed by atoms with Crippen molar-refractivity contribution in [2.75, 3.05) is 6.54 Å². The van der Waals surface area contributed by atoms with Crippen LogP contribution in [-0.4, -0.2) is 17.8 Å². The summed E-state index contributed by atoms with van der Waals surface area (Å²) in [6.45, 7) is 0.685. The van der Waals surface area contributed by atoms with Crippen LogP contribution >= 0.6 is 0 Å². The topological polar surface area (TPSA) is 46.2 Å². The molecule has 0 aliphatic heterocycles. The summed E-state index contributed by atoms with van der Waals surface area (Å²) >= 11 is 0. The zero-order valence-electron chi connectivity index (χ0n) is 10.5. The summed E-state index contributed by atoms with van der Waals surface area (Å²) in [5.41, 5.74) is 6.08. The summed E-state index contributed by atoms with van der Waals surface area (Å²) in [7, 11) is 0. The molecule has 3 N–H and O–H groups in total. The molecule has 94 valence electrons. The maximum Gasteiger partial charge on any atom is 0.0636 e. The molecule has 1 unspecified atom stereocenters. The van der Waals surface area contributed by atoms with Gasteiger partial charge in [-0.25, -0.2) is 0 Å². The van der Waals surface area contributed by atoms with Crippen LogP contribution in [0.25, 0.3) is 0 Å². The maximum atomic E-state index is 10.6. The molecular formula is C14H27NO. The van der Waals surface area contributed by atoms with E-state index in [-0.39, 0.29) is 11.5 Å². The minimum absolute atomic E-state index is 0.0610. The monoisotopic (exact) mass is 225 g/mol. The van der Waals surface area contributed by atoms with Gasteiger partial charge >= 0.3 is 0 Å². The number of rotatable bonds is 3. The average Bonchev–Trinajstić information content (AvgIpc) is 2.15. The van der Waals surface area contributed by atoms with Crippen molar-refractivity contribution in [3.8, 4) is 0 Å². The fraction of sp³-hybridized carbons (Fsp3) is 1.00. The van der Waals surface area contributed by atoms with Crippen LogP contribution in [0.15, 0.2) is 0 Å². The van der Waals surface area contributed by atoms with Crippen molar-refractivity contribution in [3.63, 3.8) is 0 Å². The van der Waals surface area contributed by atoms with E-state index in [1.165, 1.54) is 51.4 Å². The van der Waals surface area contributed by atoms with Gasteiger partial charge in [-0.1, -0.05) is 38.5 Å². The molecule has 2 rings (SSSR count). The summed E-state index contributed by atoms with van der Waals surface area (Å²) in [5, 5.41) is 10.6. The number of hydrogen-bond donors (Lipinski definition) is 2. The predicted octanol–water partition coefficient (Wildman–Crippen LogP) is 2.84. The number of aliphatic hydroxyl groups excluding tert-OH is 1. The van der Waals surface area contributed by atoms with Crippen LogP contribution in [0, 0.1) is 11.3 Å². The Kier molecular flexibility index (Phi) is 4.26. The Morgan fingerprint density at radius 1 is 1.00 bits per heavy atom. The minimum atomic E-state index is -0.121. The molecule has 2 aliphatic carbocycles. The highest BCUT2D eigenvalue weighted by atomic mass is 16.3. The van der Waals surface area contributed by atoms with Crippen LogP contribution in [0.2, 0.25) is 0 Å². The van der Waals surface area contributed by atoms with Gasteiger partial charge in [0, 0.05) is 12.0 Å². The molecule has 16 heavy (non-hydrogen) atoms. The van der Waals surface area contributed by atoms with Crippen LogP contribution in [0.5, 0.6) is 0 Å². The van der Waals surface area contributed by atoms with Gasteiger partial charge in [-0.2, -0.15) is 0 Å². The van der Waals surface area contributed by atoms with Gasteiger partial charge in [-0.05, 0) is 31.6 Å². The van der Waals surface area contributed by atoms with E-state index in [1.54, 1.807) is 0 Å². The highest BCUT2D eigenvalue weighted by Gasteiger charge is 2.42. The van der Waals surface area contributed by atoms with Crippen LogP contribution < -0.4 is 5.73 Å². The highest BCUT2D eigenvalue weighted by Crippen LogP contribution is 2.44. The van der Waals surface area contributed by atoms with Crippen LogP contribution in [-0.2, 0) is 0 Å². The first-order valence-corrected chi connectivity index (χ1v) is 7.17. The number of aliphatic hydroxyl groups is 1. The summed E-state index contributed by atoms with van der Waals surface area (Å²) in [4.78, 5) is 0. The zero-order chi connectivity index (χ0) is 11.4. The van der Waals surface area contributed by atoms with Gasteiger partial charge < -0.3 is 10.8 Å².